The van der Waals surface area contributed by atoms with E-state index in [1.807, 2.05) is 24.3 Å². The lowest BCUT2D eigenvalue weighted by Crippen LogP contribution is -2.69. The van der Waals surface area contributed by atoms with Crippen LogP contribution in [0, 0.1) is 5.41 Å². The van der Waals surface area contributed by atoms with Gasteiger partial charge in [-0.2, -0.15) is 5.06 Å². The fraction of sp³-hybridized carbons (Fsp3) is 0.676. The number of hydrogen-bond donors (Lipinski definition) is 3. The Morgan fingerprint density at radius 3 is 2.30 bits per heavy atom. The molecule has 5 rings (SSSR count). The van der Waals surface area contributed by atoms with Gasteiger partial charge in [-0.15, -0.1) is 0 Å². The maximum Gasteiger partial charge on any atom is 0.327 e. The number of fused-ring (bicyclic) bond motifs is 4. The first-order valence-electron chi connectivity index (χ1n) is 18.2. The summed E-state index contributed by atoms with van der Waals surface area (Å²) in [5, 5.41) is 16.1. The first-order valence-corrected chi connectivity index (χ1v) is 18.2. The zero-order valence-corrected chi connectivity index (χ0v) is 29.9. The Labute approximate surface area is 294 Å². The quantitative estimate of drug-likeness (QED) is 0.118. The van der Waals surface area contributed by atoms with Gasteiger partial charge in [0, 0.05) is 58.9 Å². The summed E-state index contributed by atoms with van der Waals surface area (Å²) in [5.41, 5.74) is 0.324. The number of likely N-dealkylation sites (N-methyl/N-ethyl adjacent to an activating group) is 1. The topological polar surface area (TPSA) is 156 Å². The summed E-state index contributed by atoms with van der Waals surface area (Å²) < 4.78 is 19.8. The first-order chi connectivity index (χ1) is 24.1. The van der Waals surface area contributed by atoms with Gasteiger partial charge < -0.3 is 34.9 Å². The molecule has 276 valence electrons. The van der Waals surface area contributed by atoms with Crippen LogP contribution in [0.4, 0.5) is 0 Å². The number of benzene rings is 1. The molecule has 1 aromatic carbocycles. The number of esters is 1. The number of unbranched alkanes of at least 4 members (excludes halogenated alkanes) is 4. The van der Waals surface area contributed by atoms with Crippen LogP contribution in [0.1, 0.15) is 89.2 Å². The van der Waals surface area contributed by atoms with Crippen LogP contribution in [-0.4, -0.2) is 109 Å². The van der Waals surface area contributed by atoms with Gasteiger partial charge in [0.2, 0.25) is 17.7 Å². The molecule has 0 radical (unpaired) electrons. The third-order valence-electron chi connectivity index (χ3n) is 10.2. The molecule has 13 nitrogen and oxygen atoms in total. The number of aliphatic hydroxyl groups is 1. The van der Waals surface area contributed by atoms with Crippen molar-refractivity contribution in [2.45, 2.75) is 121 Å². The van der Waals surface area contributed by atoms with Crippen LogP contribution >= 0.6 is 0 Å². The van der Waals surface area contributed by atoms with E-state index in [9.17, 15) is 19.2 Å². The Bertz CT molecular complexity index is 1380. The zero-order chi connectivity index (χ0) is 35.9. The number of hydroxylamine groups is 2. The van der Waals surface area contributed by atoms with Crippen molar-refractivity contribution in [1.82, 2.24) is 20.6 Å². The highest BCUT2D eigenvalue weighted by molar-refractivity contribution is 5.94. The fourth-order valence-corrected chi connectivity index (χ4v) is 7.67. The molecule has 4 aliphatic rings. The number of hydrogen-bond acceptors (Lipinski definition) is 10. The van der Waals surface area contributed by atoms with Gasteiger partial charge in [-0.25, -0.2) is 0 Å². The molecule has 3 N–H and O–H groups in total. The minimum absolute atomic E-state index is 0.0141. The summed E-state index contributed by atoms with van der Waals surface area (Å²) in [5.74, 6) is -2.24. The van der Waals surface area contributed by atoms with Crippen molar-refractivity contribution in [3.63, 3.8) is 0 Å². The molecule has 6 atom stereocenters. The highest BCUT2D eigenvalue weighted by atomic mass is 16.8. The van der Waals surface area contributed by atoms with E-state index in [2.05, 4.69) is 24.5 Å². The third-order valence-corrected chi connectivity index (χ3v) is 10.2. The third kappa shape index (κ3) is 8.07. The number of carbonyl (C=O) groups is 4. The minimum atomic E-state index is -1.34. The average molecular weight is 699 g/mol. The zero-order valence-electron chi connectivity index (χ0n) is 29.9. The van der Waals surface area contributed by atoms with Gasteiger partial charge in [-0.1, -0.05) is 63.8 Å². The summed E-state index contributed by atoms with van der Waals surface area (Å²) in [6.07, 6.45) is 8.07. The summed E-state index contributed by atoms with van der Waals surface area (Å²) in [4.78, 5) is 60.8. The largest absolute Gasteiger partial charge is 0.458 e. The van der Waals surface area contributed by atoms with Gasteiger partial charge in [0.1, 0.15) is 29.8 Å². The van der Waals surface area contributed by atoms with Crippen molar-refractivity contribution < 1.29 is 43.3 Å². The second kappa shape index (κ2) is 16.8. The summed E-state index contributed by atoms with van der Waals surface area (Å²) in [6.45, 7) is 4.49. The fourth-order valence-electron chi connectivity index (χ4n) is 7.67. The number of rotatable bonds is 18. The molecule has 3 heterocycles. The molecule has 13 heteroatoms. The van der Waals surface area contributed by atoms with Crippen LogP contribution in [0.25, 0.3) is 6.08 Å². The van der Waals surface area contributed by atoms with Gasteiger partial charge in [0.05, 0.1) is 13.2 Å². The Morgan fingerprint density at radius 2 is 1.66 bits per heavy atom. The molecule has 0 aromatic heterocycles. The Kier molecular flexibility index (Phi) is 12.7. The predicted octanol–water partition coefficient (Wildman–Crippen LogP) is 2.84. The molecule has 3 amide bonds. The van der Waals surface area contributed by atoms with Gasteiger partial charge >= 0.3 is 5.97 Å². The van der Waals surface area contributed by atoms with Crippen LogP contribution in [0.5, 0.6) is 0 Å². The highest BCUT2D eigenvalue weighted by Gasteiger charge is 2.76. The van der Waals surface area contributed by atoms with Gasteiger partial charge in [-0.3, -0.25) is 24.0 Å². The molecule has 3 aliphatic heterocycles. The Balaban J connectivity index is 1.43. The number of nitrogens with one attached hydrogen (secondary N) is 2. The maximum atomic E-state index is 14.4. The average Bonchev–Trinajstić information content (AvgIpc) is 3.65. The Hall–Kier alpha value is -3.36. The van der Waals surface area contributed by atoms with Crippen LogP contribution in [0.15, 0.2) is 30.3 Å². The van der Waals surface area contributed by atoms with Crippen molar-refractivity contribution >= 4 is 29.8 Å². The molecular formula is C37H54N4O9. The van der Waals surface area contributed by atoms with Gasteiger partial charge in [0.15, 0.2) is 11.8 Å². The van der Waals surface area contributed by atoms with Gasteiger partial charge in [-0.05, 0) is 30.0 Å². The molecule has 1 saturated carbocycles. The van der Waals surface area contributed by atoms with E-state index in [0.717, 1.165) is 49.7 Å². The number of aliphatic hydroxyl groups excluding tert-OH is 1. The number of amides is 3. The summed E-state index contributed by atoms with van der Waals surface area (Å²) in [7, 11) is 3.38. The number of ether oxygens (including phenoxy) is 3. The molecule has 4 fully saturated rings. The van der Waals surface area contributed by atoms with E-state index in [4.69, 9.17) is 24.2 Å². The molecule has 0 unspecified atom stereocenters. The van der Waals surface area contributed by atoms with Crippen LogP contribution in [0.2, 0.25) is 0 Å². The molecular weight excluding hydrogens is 644 g/mol. The monoisotopic (exact) mass is 698 g/mol. The minimum Gasteiger partial charge on any atom is -0.458 e. The second-order valence-corrected chi connectivity index (χ2v) is 14.1. The molecule has 3 saturated heterocycles. The van der Waals surface area contributed by atoms with Crippen LogP contribution in [-0.2, 0) is 44.8 Å². The maximum absolute atomic E-state index is 14.4. The standard InChI is InChI=1S/C37H54N4O9/c1-5-7-9-18-36(19-10-8-6-2)48-30-27-23-37(35(46)39-20-17-28(43)38-21-22-42)32(34(45)47-27)41(50-33(37)31(30)49-36)24-26-13-11-25(12-14-26)15-16-29(44)40(3)4/h11-16,27,30-33,42H,5-10,17-24H2,1-4H3,(H,38,43)(H,39,46)/t27-,30+,31+,32-,33-,37-/m1/s1. The highest BCUT2D eigenvalue weighted by Crippen LogP contribution is 2.58. The first kappa shape index (κ1) is 37.9. The molecule has 1 aliphatic carbocycles. The lowest BCUT2D eigenvalue weighted by Gasteiger charge is -2.48. The number of nitrogens with zero attached hydrogens (tertiary/aromatic N) is 2. The van der Waals surface area contributed by atoms with E-state index >= 15 is 0 Å². The Morgan fingerprint density at radius 1 is 0.980 bits per heavy atom. The molecule has 50 heavy (non-hydrogen) atoms. The predicted molar refractivity (Wildman–Crippen MR) is 184 cm³/mol. The lowest BCUT2D eigenvalue weighted by molar-refractivity contribution is -0.224. The van der Waals surface area contributed by atoms with Crippen LogP contribution < -0.4 is 10.6 Å². The normalized spacial score (nSPS) is 27.9. The number of carbonyl (C=O) groups excluding carboxylic acids is 4. The van der Waals surface area contributed by atoms with E-state index < -0.39 is 53.5 Å². The molecule has 1 aromatic rings. The SMILES string of the molecule is CCCCCC1(CCCCC)O[C@@H]2[C@H](O1)[C@H]1ON(Cc3ccc(C=CC(=O)N(C)C)cc3)[C@@H]3C(=O)O[C@@H]2C[C@]13C(=O)NCCC(=O)NCCO. The molecule has 2 bridgehead atoms. The lowest BCUT2D eigenvalue weighted by atomic mass is 9.62. The van der Waals surface area contributed by atoms with Crippen molar-refractivity contribution in [1.29, 1.82) is 0 Å². The van der Waals surface area contributed by atoms with Crippen molar-refractivity contribution in [2.24, 2.45) is 5.41 Å². The van der Waals surface area contributed by atoms with Crippen molar-refractivity contribution in [3.8, 4) is 0 Å². The van der Waals surface area contributed by atoms with Gasteiger partial charge in [0.25, 0.3) is 0 Å². The second-order valence-electron chi connectivity index (χ2n) is 14.1. The smallest absolute Gasteiger partial charge is 0.327 e. The van der Waals surface area contributed by atoms with E-state index in [-0.39, 0.29) is 50.9 Å². The van der Waals surface area contributed by atoms with Crippen molar-refractivity contribution in [2.75, 3.05) is 33.8 Å². The van der Waals surface area contributed by atoms with Crippen LogP contribution in [0.3, 0.4) is 0 Å². The molecule has 0 spiro atoms. The van der Waals surface area contributed by atoms with E-state index in [1.165, 1.54) is 11.0 Å². The van der Waals surface area contributed by atoms with E-state index in [0.29, 0.717) is 12.8 Å². The summed E-state index contributed by atoms with van der Waals surface area (Å²) in [6, 6.07) is 6.49. The van der Waals surface area contributed by atoms with E-state index in [1.54, 1.807) is 25.2 Å². The van der Waals surface area contributed by atoms with Crippen molar-refractivity contribution in [3.05, 3.63) is 41.5 Å². The summed E-state index contributed by atoms with van der Waals surface area (Å²) >= 11 is 0.